The number of aromatic nitrogens is 2. The molecule has 2 heterocycles. The van der Waals surface area contributed by atoms with Crippen LogP contribution in [0.4, 0.5) is 0 Å². The average molecular weight is 375 g/mol. The molecule has 1 amide bonds. The van der Waals surface area contributed by atoms with Crippen molar-refractivity contribution >= 4 is 27.5 Å². The second kappa shape index (κ2) is 7.48. The van der Waals surface area contributed by atoms with Gasteiger partial charge in [-0.1, -0.05) is 0 Å². The highest BCUT2D eigenvalue weighted by Crippen LogP contribution is 2.46. The predicted molar refractivity (Wildman–Crippen MR) is 102 cm³/mol. The van der Waals surface area contributed by atoms with Crippen molar-refractivity contribution in [3.63, 3.8) is 0 Å². The lowest BCUT2D eigenvalue weighted by atomic mass is 9.83. The van der Waals surface area contributed by atoms with E-state index < -0.39 is 0 Å². The number of carbonyl (C=O) groups is 1. The van der Waals surface area contributed by atoms with E-state index in [9.17, 15) is 4.79 Å². The Morgan fingerprint density at radius 2 is 2.04 bits per heavy atom. The third kappa shape index (κ3) is 3.55. The molecule has 1 fully saturated rings. The van der Waals surface area contributed by atoms with Gasteiger partial charge < -0.3 is 16.2 Å². The number of fused-ring (bicyclic) bond motifs is 3. The molecule has 0 aliphatic heterocycles. The fourth-order valence-corrected chi connectivity index (χ4v) is 5.56. The van der Waals surface area contributed by atoms with Crippen LogP contribution in [-0.4, -0.2) is 28.0 Å². The predicted octanol–water partition coefficient (Wildman–Crippen LogP) is 3.03. The van der Waals surface area contributed by atoms with E-state index in [1.54, 1.807) is 17.7 Å². The molecule has 0 aromatic carbocycles. The third-order valence-electron chi connectivity index (χ3n) is 5.67. The summed E-state index contributed by atoms with van der Waals surface area (Å²) in [6, 6.07) is 0.298. The molecular weight excluding hydrogens is 348 g/mol. The number of thiophene rings is 1. The third-order valence-corrected chi connectivity index (χ3v) is 6.84. The van der Waals surface area contributed by atoms with Crippen molar-refractivity contribution < 1.29 is 9.53 Å². The van der Waals surface area contributed by atoms with E-state index in [0.717, 1.165) is 61.6 Å². The van der Waals surface area contributed by atoms with Gasteiger partial charge in [-0.15, -0.1) is 11.3 Å². The van der Waals surface area contributed by atoms with Crippen molar-refractivity contribution in [2.75, 3.05) is 0 Å². The van der Waals surface area contributed by atoms with Crippen LogP contribution in [0.3, 0.4) is 0 Å². The molecule has 1 saturated carbocycles. The molecule has 0 saturated heterocycles. The number of primary amides is 1. The summed E-state index contributed by atoms with van der Waals surface area (Å²) in [6.45, 7) is 0. The number of hydrogen-bond acceptors (Lipinski definition) is 6. The number of nitrogens with two attached hydrogens (primary N) is 2. The summed E-state index contributed by atoms with van der Waals surface area (Å²) in [5, 5.41) is 1.07. The Morgan fingerprint density at radius 3 is 2.81 bits per heavy atom. The molecule has 0 bridgehead atoms. The van der Waals surface area contributed by atoms with Gasteiger partial charge in [0.25, 0.3) is 0 Å². The van der Waals surface area contributed by atoms with Gasteiger partial charge in [-0.25, -0.2) is 9.97 Å². The van der Waals surface area contributed by atoms with Gasteiger partial charge in [0.1, 0.15) is 17.3 Å². The Balaban J connectivity index is 1.66. The van der Waals surface area contributed by atoms with E-state index >= 15 is 0 Å². The largest absolute Gasteiger partial charge is 0.474 e. The molecule has 1 atom stereocenters. The van der Waals surface area contributed by atoms with Crippen molar-refractivity contribution in [1.29, 1.82) is 0 Å². The maximum Gasteiger partial charge on any atom is 0.225 e. The standard InChI is InChI=1S/C19H26N4O2S/c20-12-5-7-13(8-6-12)25-18-17-16-11(4-9-15(21)24)2-1-3-14(16)26-19(17)23-10-22-18/h10-13H,1-9,20H2,(H2,21,24)/t11-,12-,13+/m0/s1. The minimum absolute atomic E-state index is 0.177. The number of amides is 1. The summed E-state index contributed by atoms with van der Waals surface area (Å²) in [4.78, 5) is 22.6. The minimum Gasteiger partial charge on any atom is -0.474 e. The first kappa shape index (κ1) is 17.7. The van der Waals surface area contributed by atoms with Gasteiger partial charge >= 0.3 is 0 Å². The highest BCUT2D eigenvalue weighted by molar-refractivity contribution is 7.18. The molecule has 140 valence electrons. The molecule has 0 spiro atoms. The van der Waals surface area contributed by atoms with E-state index in [0.29, 0.717) is 24.3 Å². The quantitative estimate of drug-likeness (QED) is 0.837. The topological polar surface area (TPSA) is 104 Å². The zero-order valence-corrected chi connectivity index (χ0v) is 15.8. The van der Waals surface area contributed by atoms with Gasteiger partial charge in [-0.2, -0.15) is 0 Å². The number of carbonyl (C=O) groups excluding carboxylic acids is 1. The van der Waals surface area contributed by atoms with Gasteiger partial charge in [0.2, 0.25) is 11.8 Å². The van der Waals surface area contributed by atoms with E-state index in [1.165, 1.54) is 10.4 Å². The number of hydrogen-bond donors (Lipinski definition) is 2. The molecule has 2 aromatic rings. The maximum absolute atomic E-state index is 11.3. The first-order valence-corrected chi connectivity index (χ1v) is 10.4. The van der Waals surface area contributed by atoms with Crippen molar-refractivity contribution in [1.82, 2.24) is 9.97 Å². The van der Waals surface area contributed by atoms with Gasteiger partial charge in [-0.3, -0.25) is 4.79 Å². The van der Waals surface area contributed by atoms with Gasteiger partial charge in [-0.05, 0) is 62.8 Å². The van der Waals surface area contributed by atoms with E-state index in [-0.39, 0.29) is 12.0 Å². The lowest BCUT2D eigenvalue weighted by Gasteiger charge is -2.27. The molecule has 6 nitrogen and oxygen atoms in total. The summed E-state index contributed by atoms with van der Waals surface area (Å²) in [6.07, 6.45) is 10.3. The van der Waals surface area contributed by atoms with E-state index in [4.69, 9.17) is 16.2 Å². The Kier molecular flexibility index (Phi) is 5.09. The molecule has 2 aliphatic rings. The van der Waals surface area contributed by atoms with Crippen LogP contribution in [0.5, 0.6) is 5.88 Å². The van der Waals surface area contributed by atoms with E-state index in [2.05, 4.69) is 9.97 Å². The Bertz CT molecular complexity index is 798. The highest BCUT2D eigenvalue weighted by atomic mass is 32.1. The number of nitrogens with zero attached hydrogens (tertiary/aromatic N) is 2. The van der Waals surface area contributed by atoms with Crippen molar-refractivity contribution in [3.8, 4) is 5.88 Å². The van der Waals surface area contributed by atoms with Crippen LogP contribution in [0.25, 0.3) is 10.2 Å². The Hall–Kier alpha value is -1.73. The summed E-state index contributed by atoms with van der Waals surface area (Å²) >= 11 is 1.75. The molecule has 26 heavy (non-hydrogen) atoms. The van der Waals surface area contributed by atoms with Crippen molar-refractivity contribution in [2.45, 2.75) is 75.9 Å². The molecule has 7 heteroatoms. The molecular formula is C19H26N4O2S. The zero-order chi connectivity index (χ0) is 18.1. The normalized spacial score (nSPS) is 25.8. The first-order valence-electron chi connectivity index (χ1n) is 9.58. The monoisotopic (exact) mass is 374 g/mol. The fraction of sp³-hybridized carbons (Fsp3) is 0.632. The number of ether oxygens (including phenoxy) is 1. The van der Waals surface area contributed by atoms with Gasteiger partial charge in [0.15, 0.2) is 0 Å². The van der Waals surface area contributed by atoms with Gasteiger partial charge in [0.05, 0.1) is 5.39 Å². The summed E-state index contributed by atoms with van der Waals surface area (Å²) in [5.74, 6) is 0.815. The van der Waals surface area contributed by atoms with Crippen LogP contribution in [0.2, 0.25) is 0 Å². The Morgan fingerprint density at radius 1 is 1.23 bits per heavy atom. The number of rotatable bonds is 5. The minimum atomic E-state index is -0.233. The number of aryl methyl sites for hydroxylation is 1. The lowest BCUT2D eigenvalue weighted by molar-refractivity contribution is -0.118. The lowest BCUT2D eigenvalue weighted by Crippen LogP contribution is -2.31. The molecule has 4 rings (SSSR count). The molecule has 0 unspecified atom stereocenters. The zero-order valence-electron chi connectivity index (χ0n) is 14.9. The highest BCUT2D eigenvalue weighted by Gasteiger charge is 2.29. The van der Waals surface area contributed by atoms with Crippen molar-refractivity contribution in [3.05, 3.63) is 16.8 Å². The smallest absolute Gasteiger partial charge is 0.225 e. The summed E-state index contributed by atoms with van der Waals surface area (Å²) in [7, 11) is 0. The van der Waals surface area contributed by atoms with Crippen LogP contribution in [0.15, 0.2) is 6.33 Å². The molecule has 0 radical (unpaired) electrons. The van der Waals surface area contributed by atoms with Gasteiger partial charge in [0, 0.05) is 17.3 Å². The SMILES string of the molecule is NC(=O)CC[C@@H]1CCCc2sc3ncnc(O[C@H]4CC[C@@H](N)CC4)c3c21. The van der Waals surface area contributed by atoms with Crippen LogP contribution in [0, 0.1) is 0 Å². The van der Waals surface area contributed by atoms with Crippen molar-refractivity contribution in [2.24, 2.45) is 11.5 Å². The first-order chi connectivity index (χ1) is 12.6. The van der Waals surface area contributed by atoms with Crippen LogP contribution >= 0.6 is 11.3 Å². The van der Waals surface area contributed by atoms with E-state index in [1.807, 2.05) is 0 Å². The summed E-state index contributed by atoms with van der Waals surface area (Å²) in [5.41, 5.74) is 12.7. The Labute approximate surface area is 157 Å². The van der Waals surface area contributed by atoms with Crippen LogP contribution in [-0.2, 0) is 11.2 Å². The fourth-order valence-electron chi connectivity index (χ4n) is 4.30. The maximum atomic E-state index is 11.3. The van der Waals surface area contributed by atoms with Crippen LogP contribution in [0.1, 0.15) is 67.7 Å². The molecule has 2 aromatic heterocycles. The summed E-state index contributed by atoms with van der Waals surface area (Å²) < 4.78 is 6.32. The molecule has 4 N–H and O–H groups in total. The second-order valence-corrected chi connectivity index (χ2v) is 8.63. The van der Waals surface area contributed by atoms with Crippen LogP contribution < -0.4 is 16.2 Å². The average Bonchev–Trinajstić information content (AvgIpc) is 3.02. The molecule has 2 aliphatic carbocycles. The second-order valence-electron chi connectivity index (χ2n) is 7.55.